The van der Waals surface area contributed by atoms with Gasteiger partial charge in [-0.05, 0) is 46.2 Å². The topological polar surface area (TPSA) is 175 Å². The van der Waals surface area contributed by atoms with Gasteiger partial charge < -0.3 is 42.0 Å². The van der Waals surface area contributed by atoms with E-state index < -0.39 is 24.0 Å². The summed E-state index contributed by atoms with van der Waals surface area (Å²) < 4.78 is 78.3. The van der Waals surface area contributed by atoms with Crippen LogP contribution in [0.2, 0.25) is 0 Å². The van der Waals surface area contributed by atoms with Gasteiger partial charge in [-0.2, -0.15) is 0 Å². The van der Waals surface area contributed by atoms with Gasteiger partial charge in [-0.15, -0.1) is 0 Å². The van der Waals surface area contributed by atoms with E-state index in [2.05, 4.69) is 75.0 Å². The molecule has 15 rings (SSSR count). The third-order valence-electron chi connectivity index (χ3n) is 18.9. The van der Waals surface area contributed by atoms with Crippen molar-refractivity contribution in [2.45, 2.75) is 115 Å². The summed E-state index contributed by atoms with van der Waals surface area (Å²) in [5.41, 5.74) is 6.75. The number of fused-ring (bicyclic) bond motifs is 9. The van der Waals surface area contributed by atoms with Crippen LogP contribution in [-0.2, 0) is 19.6 Å². The number of aldehydes is 1. The molecule has 101 heavy (non-hydrogen) atoms. The molecule has 0 saturated heterocycles. The number of alkyl halides is 4. The number of halogens is 4. The highest BCUT2D eigenvalue weighted by atomic mass is 19.3. The third kappa shape index (κ3) is 13.9. The fourth-order valence-corrected chi connectivity index (χ4v) is 14.3. The number of carbonyl (C=O) groups excluding carboxylic acids is 1. The maximum absolute atomic E-state index is 14.0. The van der Waals surface area contributed by atoms with Gasteiger partial charge in [-0.1, -0.05) is 216 Å². The third-order valence-corrected chi connectivity index (χ3v) is 18.9. The van der Waals surface area contributed by atoms with Gasteiger partial charge >= 0.3 is 0 Å². The Morgan fingerprint density at radius 3 is 1.06 bits per heavy atom. The molecule has 3 aliphatic rings. The van der Waals surface area contributed by atoms with Crippen LogP contribution in [0.25, 0.3) is 34.6 Å². The predicted molar refractivity (Wildman–Crippen MR) is 382 cm³/mol. The maximum atomic E-state index is 14.0. The molecule has 9 heterocycles. The molecule has 16 nitrogen and oxygen atoms in total. The van der Waals surface area contributed by atoms with Crippen molar-refractivity contribution < 1.29 is 36.9 Å². The normalized spacial score (nSPS) is 14.6. The first-order valence-corrected chi connectivity index (χ1v) is 33.6. The molecule has 0 aliphatic carbocycles. The van der Waals surface area contributed by atoms with Gasteiger partial charge in [0.2, 0.25) is 16.3 Å². The molecule has 1 N–H and O–H groups in total. The van der Waals surface area contributed by atoms with E-state index in [0.717, 1.165) is 71.5 Å². The number of nitrogens with zero attached hydrogens (tertiary/aromatic N) is 9. The van der Waals surface area contributed by atoms with Crippen molar-refractivity contribution in [2.24, 2.45) is 0 Å². The first-order chi connectivity index (χ1) is 48.9. The summed E-state index contributed by atoms with van der Waals surface area (Å²) in [5.74, 6) is 0.696. The molecule has 6 aromatic heterocycles. The lowest BCUT2D eigenvalue weighted by Crippen LogP contribution is -2.32. The molecule has 0 spiro atoms. The molecule has 0 amide bonds. The summed E-state index contributed by atoms with van der Waals surface area (Å²) >= 11 is 0. The van der Waals surface area contributed by atoms with Crippen LogP contribution in [0.3, 0.4) is 0 Å². The molecule has 0 radical (unpaired) electrons. The van der Waals surface area contributed by atoms with E-state index in [1.165, 1.54) is 22.9 Å². The molecule has 516 valence electrons. The molecule has 0 saturated carbocycles. The van der Waals surface area contributed by atoms with Gasteiger partial charge in [-0.25, -0.2) is 32.5 Å². The Balaban J connectivity index is 0.000000143. The number of ether oxygens (including phenoxy) is 2. The van der Waals surface area contributed by atoms with Crippen LogP contribution < -0.4 is 25.8 Å². The van der Waals surface area contributed by atoms with Crippen LogP contribution in [0, 0.1) is 0 Å². The lowest BCUT2D eigenvalue weighted by atomic mass is 9.83. The Morgan fingerprint density at radius 2 is 0.733 bits per heavy atom. The number of unbranched alkanes of at least 4 members (excludes halogenated alkanes) is 2. The Labute approximate surface area is 581 Å². The molecule has 3 aliphatic heterocycles. The Hall–Kier alpha value is -11.4. The van der Waals surface area contributed by atoms with Crippen molar-refractivity contribution in [3.8, 4) is 51.8 Å². The van der Waals surface area contributed by atoms with E-state index in [4.69, 9.17) is 9.47 Å². The fraction of sp³-hybridized carbons (Fsp3) is 0.247. The summed E-state index contributed by atoms with van der Waals surface area (Å²) in [5, 5.41) is 10.6. The first kappa shape index (κ1) is 69.5. The van der Waals surface area contributed by atoms with Crippen LogP contribution in [-0.4, -0.2) is 67.0 Å². The molecule has 12 aromatic rings. The molecule has 0 bridgehead atoms. The lowest BCUT2D eigenvalue weighted by molar-refractivity contribution is 0.111. The van der Waals surface area contributed by atoms with Crippen molar-refractivity contribution in [2.75, 3.05) is 13.2 Å². The van der Waals surface area contributed by atoms with E-state index >= 15 is 0 Å². The van der Waals surface area contributed by atoms with Crippen LogP contribution in [0.15, 0.2) is 252 Å². The second kappa shape index (κ2) is 31.2. The molecular weight excluding hydrogens is 1290 g/mol. The number of benzene rings is 6. The molecule has 0 unspecified atom stereocenters. The smallest absolute Gasteiger partial charge is 0.280 e. The van der Waals surface area contributed by atoms with Gasteiger partial charge in [0.25, 0.3) is 12.9 Å². The maximum Gasteiger partial charge on any atom is 0.280 e. The number of pyridine rings is 3. The van der Waals surface area contributed by atoms with E-state index in [9.17, 15) is 41.8 Å². The highest BCUT2D eigenvalue weighted by molar-refractivity contribution is 5.75. The standard InChI is InChI=1S/C28H27F2N3O2.C28H27N3O3.C24H19F2N3O2.CH4/c1-2-3-16-35-26-23(34)14-15-32-22(18-33-21(27(29)30)17-31-28(33)25(26)32)24(19-10-6-4-7-11-19)20-12-8-5-9-13-20;1-2-3-16-34-27-24(33)14-15-30-23(18-31-22(19-32)17-29-28(31)26(27)30)25(20-10-6-4-7-11-20)21-12-8-5-9-13-21;25-23(26)17-13-27-24-21-22(31)19(30)11-12-28(21)18(14-29(17)24)20(15-7-3-1-4-8-15)16-9-5-2-6-10-16;/h4-15,17,22,24,27H,2-3,16,18H2,1H3;4-15,17,19,23,25H,2-3,16,18H2,1H3;1-13,18,20,23,31H,14H2;1H4/t22-;23-;18-;/m111./s1. The number of aromatic nitrogens is 9. The minimum Gasteiger partial charge on any atom is -0.503 e. The Morgan fingerprint density at radius 1 is 0.436 bits per heavy atom. The summed E-state index contributed by atoms with van der Waals surface area (Å²) in [6.45, 7) is 6.00. The zero-order chi connectivity index (χ0) is 69.4. The fourth-order valence-electron chi connectivity index (χ4n) is 14.3. The van der Waals surface area contributed by atoms with Crippen molar-refractivity contribution in [1.82, 2.24) is 42.4 Å². The zero-order valence-corrected chi connectivity index (χ0v) is 55.0. The average Bonchev–Trinajstić information content (AvgIpc) is 1.73. The second-order valence-electron chi connectivity index (χ2n) is 24.9. The van der Waals surface area contributed by atoms with Crippen molar-refractivity contribution in [1.29, 1.82) is 0 Å². The van der Waals surface area contributed by atoms with Crippen molar-refractivity contribution >= 4 is 6.29 Å². The highest BCUT2D eigenvalue weighted by Crippen LogP contribution is 2.48. The minimum atomic E-state index is -2.72. The van der Waals surface area contributed by atoms with Crippen LogP contribution >= 0.6 is 0 Å². The Kier molecular flexibility index (Phi) is 21.5. The molecular formula is C81H77F4N9O7. The minimum absolute atomic E-state index is 0. The van der Waals surface area contributed by atoms with Gasteiger partial charge in [0.1, 0.15) is 34.2 Å². The van der Waals surface area contributed by atoms with E-state index in [0.29, 0.717) is 54.2 Å². The molecule has 6 aromatic carbocycles. The van der Waals surface area contributed by atoms with Crippen LogP contribution in [0.5, 0.6) is 17.2 Å². The molecule has 3 atom stereocenters. The quantitative estimate of drug-likeness (QED) is 0.0439. The molecule has 0 fully saturated rings. The Bertz CT molecular complexity index is 4850. The van der Waals surface area contributed by atoms with Gasteiger partial charge in [-0.3, -0.25) is 19.2 Å². The molecule has 20 heteroatoms. The SMILES string of the molecule is C.CCCCOc1c2n(ccc1=O)[C@@H](C(c1ccccc1)c1ccccc1)Cn1c(C(F)F)cnc1-2.CCCCOc1c2n(ccc1=O)[C@@H](C(c1ccccc1)c1ccccc1)Cn1c(C=O)cnc1-2.O=c1ccn2c(c1O)-c1ncc(C(F)F)n1C[C@@H]2C(c1ccccc1)c1ccccc1. The number of aromatic hydroxyl groups is 1. The summed E-state index contributed by atoms with van der Waals surface area (Å²) in [6.07, 6.45) is 8.01. The largest absolute Gasteiger partial charge is 0.503 e. The lowest BCUT2D eigenvalue weighted by Gasteiger charge is -2.37. The highest BCUT2D eigenvalue weighted by Gasteiger charge is 2.40. The number of carbonyl (C=O) groups is 1. The van der Waals surface area contributed by atoms with Gasteiger partial charge in [0.15, 0.2) is 41.0 Å². The second-order valence-corrected chi connectivity index (χ2v) is 24.9. The van der Waals surface area contributed by atoms with E-state index in [1.807, 2.05) is 156 Å². The first-order valence-electron chi connectivity index (χ1n) is 33.6. The summed E-state index contributed by atoms with van der Waals surface area (Å²) in [6, 6.07) is 63.9. The van der Waals surface area contributed by atoms with Crippen LogP contribution in [0.4, 0.5) is 17.6 Å². The monoisotopic (exact) mass is 1360 g/mol. The van der Waals surface area contributed by atoms with Crippen molar-refractivity contribution in [3.63, 3.8) is 0 Å². The number of rotatable bonds is 20. The van der Waals surface area contributed by atoms with Gasteiger partial charge in [0, 0.05) is 74.2 Å². The van der Waals surface area contributed by atoms with Gasteiger partial charge in [0.05, 0.1) is 49.9 Å². The van der Waals surface area contributed by atoms with E-state index in [1.54, 1.807) is 33.8 Å². The van der Waals surface area contributed by atoms with Crippen molar-refractivity contribution in [3.05, 3.63) is 319 Å². The number of hydrogen-bond acceptors (Lipinski definition) is 10. The van der Waals surface area contributed by atoms with Crippen LogP contribution in [0.1, 0.15) is 151 Å². The average molecular weight is 1360 g/mol. The number of hydrogen-bond donors (Lipinski definition) is 1. The number of imidazole rings is 3. The zero-order valence-electron chi connectivity index (χ0n) is 55.0. The summed E-state index contributed by atoms with van der Waals surface area (Å²) in [4.78, 5) is 62.9. The predicted octanol–water partition coefficient (Wildman–Crippen LogP) is 16.7. The van der Waals surface area contributed by atoms with E-state index in [-0.39, 0.29) is 95.9 Å². The summed E-state index contributed by atoms with van der Waals surface area (Å²) in [7, 11) is 0.